The van der Waals surface area contributed by atoms with Crippen molar-refractivity contribution in [3.8, 4) is 0 Å². The first-order valence-corrected chi connectivity index (χ1v) is 6.57. The Morgan fingerprint density at radius 1 is 1.25 bits per heavy atom. The summed E-state index contributed by atoms with van der Waals surface area (Å²) >= 11 is 0. The van der Waals surface area contributed by atoms with Crippen molar-refractivity contribution in [3.63, 3.8) is 0 Å². The van der Waals surface area contributed by atoms with E-state index in [-0.39, 0.29) is 24.9 Å². The van der Waals surface area contributed by atoms with Crippen LogP contribution in [0.4, 0.5) is 13.2 Å². The van der Waals surface area contributed by atoms with E-state index in [1.807, 2.05) is 0 Å². The van der Waals surface area contributed by atoms with Gasteiger partial charge in [0.15, 0.2) is 0 Å². The Kier molecular flexibility index (Phi) is 4.32. The summed E-state index contributed by atoms with van der Waals surface area (Å²) in [7, 11) is 0. The molecule has 1 aromatic rings. The zero-order valence-corrected chi connectivity index (χ0v) is 11.0. The Labute approximate surface area is 115 Å². The van der Waals surface area contributed by atoms with Crippen LogP contribution < -0.4 is 5.73 Å². The molecule has 6 heteroatoms. The summed E-state index contributed by atoms with van der Waals surface area (Å²) in [6.45, 7) is 0.636. The van der Waals surface area contributed by atoms with Gasteiger partial charge in [0.1, 0.15) is 0 Å². The molecule has 1 amide bonds. The van der Waals surface area contributed by atoms with Gasteiger partial charge >= 0.3 is 6.18 Å². The van der Waals surface area contributed by atoms with Crippen LogP contribution in [0, 0.1) is 0 Å². The quantitative estimate of drug-likeness (QED) is 0.904. The molecule has 1 aromatic carbocycles. The third-order valence-corrected chi connectivity index (χ3v) is 3.30. The highest BCUT2D eigenvalue weighted by molar-refractivity contribution is 5.77. The monoisotopic (exact) mass is 286 g/mol. The van der Waals surface area contributed by atoms with Gasteiger partial charge in [0, 0.05) is 25.6 Å². The first-order chi connectivity index (χ1) is 9.41. The second-order valence-electron chi connectivity index (χ2n) is 4.99. The fraction of sp³-hybridized carbons (Fsp3) is 0.500. The number of carbonyl (C=O) groups excluding carboxylic acids is 1. The molecule has 1 fully saturated rings. The van der Waals surface area contributed by atoms with Gasteiger partial charge in [0.25, 0.3) is 0 Å². The van der Waals surface area contributed by atoms with Gasteiger partial charge in [-0.1, -0.05) is 12.1 Å². The van der Waals surface area contributed by atoms with Gasteiger partial charge in [-0.25, -0.2) is 0 Å². The van der Waals surface area contributed by atoms with Crippen molar-refractivity contribution in [2.24, 2.45) is 5.73 Å². The zero-order valence-electron chi connectivity index (χ0n) is 11.0. The standard InChI is InChI=1S/C14H17F3N2O/c15-14(16,17)11-3-1-10(2-4-11)9-19(12-5-6-12)13(20)7-8-18/h1-4,12H,5-9,18H2. The Morgan fingerprint density at radius 3 is 2.30 bits per heavy atom. The lowest BCUT2D eigenvalue weighted by Gasteiger charge is -2.22. The zero-order chi connectivity index (χ0) is 14.8. The number of amides is 1. The normalized spacial score (nSPS) is 15.2. The molecule has 3 nitrogen and oxygen atoms in total. The Morgan fingerprint density at radius 2 is 1.85 bits per heavy atom. The summed E-state index contributed by atoms with van der Waals surface area (Å²) in [5.74, 6) is -0.0325. The van der Waals surface area contributed by atoms with Crippen LogP contribution in [0.3, 0.4) is 0 Å². The van der Waals surface area contributed by atoms with Crippen molar-refractivity contribution >= 4 is 5.91 Å². The summed E-state index contributed by atoms with van der Waals surface area (Å²) in [5.41, 5.74) is 5.41. The number of benzene rings is 1. The molecule has 0 aliphatic heterocycles. The molecule has 110 valence electrons. The third-order valence-electron chi connectivity index (χ3n) is 3.30. The average Bonchev–Trinajstić information content (AvgIpc) is 3.20. The van der Waals surface area contributed by atoms with Gasteiger partial charge in [-0.3, -0.25) is 4.79 Å². The van der Waals surface area contributed by atoms with Gasteiger partial charge < -0.3 is 10.6 Å². The van der Waals surface area contributed by atoms with Crippen molar-refractivity contribution < 1.29 is 18.0 Å². The van der Waals surface area contributed by atoms with Gasteiger partial charge in [-0.05, 0) is 30.5 Å². The molecule has 0 bridgehead atoms. The number of nitrogens with two attached hydrogens (primary N) is 1. The van der Waals surface area contributed by atoms with Crippen LogP contribution in [0.2, 0.25) is 0 Å². The lowest BCUT2D eigenvalue weighted by molar-refractivity contribution is -0.137. The number of halogens is 3. The minimum absolute atomic E-state index is 0.0325. The minimum atomic E-state index is -4.33. The first-order valence-electron chi connectivity index (χ1n) is 6.57. The first kappa shape index (κ1) is 14.8. The van der Waals surface area contributed by atoms with E-state index in [1.165, 1.54) is 12.1 Å². The highest BCUT2D eigenvalue weighted by Crippen LogP contribution is 2.31. The summed E-state index contributed by atoms with van der Waals surface area (Å²) in [6.07, 6.45) is -2.14. The lowest BCUT2D eigenvalue weighted by atomic mass is 10.1. The van der Waals surface area contributed by atoms with Crippen LogP contribution in [0.1, 0.15) is 30.4 Å². The number of rotatable bonds is 5. The van der Waals surface area contributed by atoms with Crippen LogP contribution in [0.5, 0.6) is 0 Å². The molecule has 1 saturated carbocycles. The predicted octanol–water partition coefficient (Wildman–Crippen LogP) is 2.55. The van der Waals surface area contributed by atoms with Crippen molar-refractivity contribution in [1.82, 2.24) is 4.90 Å². The fourth-order valence-corrected chi connectivity index (χ4v) is 2.07. The fourth-order valence-electron chi connectivity index (χ4n) is 2.07. The molecule has 0 radical (unpaired) electrons. The summed E-state index contributed by atoms with van der Waals surface area (Å²) < 4.78 is 37.4. The number of nitrogens with zero attached hydrogens (tertiary/aromatic N) is 1. The maximum Gasteiger partial charge on any atom is 0.416 e. The van der Waals surface area contributed by atoms with E-state index < -0.39 is 11.7 Å². The van der Waals surface area contributed by atoms with Crippen LogP contribution in [0.15, 0.2) is 24.3 Å². The molecule has 20 heavy (non-hydrogen) atoms. The number of carbonyl (C=O) groups is 1. The molecule has 0 atom stereocenters. The van der Waals surface area contributed by atoms with Crippen LogP contribution >= 0.6 is 0 Å². The Balaban J connectivity index is 2.05. The van der Waals surface area contributed by atoms with E-state index in [2.05, 4.69) is 0 Å². The largest absolute Gasteiger partial charge is 0.416 e. The van der Waals surface area contributed by atoms with E-state index in [9.17, 15) is 18.0 Å². The minimum Gasteiger partial charge on any atom is -0.335 e. The van der Waals surface area contributed by atoms with Crippen LogP contribution in [-0.2, 0) is 17.5 Å². The maximum absolute atomic E-state index is 12.5. The van der Waals surface area contributed by atoms with E-state index in [4.69, 9.17) is 5.73 Å². The predicted molar refractivity (Wildman–Crippen MR) is 68.7 cm³/mol. The number of hydrogen-bond donors (Lipinski definition) is 1. The van der Waals surface area contributed by atoms with E-state index in [1.54, 1.807) is 4.90 Å². The second kappa shape index (κ2) is 5.83. The number of hydrogen-bond acceptors (Lipinski definition) is 2. The highest BCUT2D eigenvalue weighted by Gasteiger charge is 2.33. The molecular formula is C14H17F3N2O. The molecule has 0 aromatic heterocycles. The van der Waals surface area contributed by atoms with Gasteiger partial charge in [0.05, 0.1) is 5.56 Å². The topological polar surface area (TPSA) is 46.3 Å². The molecule has 0 spiro atoms. The van der Waals surface area contributed by atoms with Crippen molar-refractivity contribution in [1.29, 1.82) is 0 Å². The molecule has 1 aliphatic carbocycles. The molecular weight excluding hydrogens is 269 g/mol. The SMILES string of the molecule is NCCC(=O)N(Cc1ccc(C(F)(F)F)cc1)C1CC1. The van der Waals surface area contributed by atoms with Crippen LogP contribution in [-0.4, -0.2) is 23.4 Å². The van der Waals surface area contributed by atoms with Gasteiger partial charge in [-0.2, -0.15) is 13.2 Å². The lowest BCUT2D eigenvalue weighted by Crippen LogP contribution is -2.33. The van der Waals surface area contributed by atoms with E-state index >= 15 is 0 Å². The van der Waals surface area contributed by atoms with E-state index in [0.717, 1.165) is 25.0 Å². The van der Waals surface area contributed by atoms with Crippen LogP contribution in [0.25, 0.3) is 0 Å². The molecule has 0 saturated heterocycles. The van der Waals surface area contributed by atoms with E-state index in [0.29, 0.717) is 12.1 Å². The molecule has 0 heterocycles. The third kappa shape index (κ3) is 3.72. The summed E-state index contributed by atoms with van der Waals surface area (Å²) in [6, 6.07) is 5.17. The second-order valence-corrected chi connectivity index (χ2v) is 4.99. The maximum atomic E-state index is 12.5. The highest BCUT2D eigenvalue weighted by atomic mass is 19.4. The molecule has 1 aliphatic rings. The van der Waals surface area contributed by atoms with Crippen molar-refractivity contribution in [2.75, 3.05) is 6.54 Å². The van der Waals surface area contributed by atoms with Crippen molar-refractivity contribution in [3.05, 3.63) is 35.4 Å². The summed E-state index contributed by atoms with van der Waals surface area (Å²) in [4.78, 5) is 13.6. The van der Waals surface area contributed by atoms with Gasteiger partial charge in [-0.15, -0.1) is 0 Å². The molecule has 0 unspecified atom stereocenters. The van der Waals surface area contributed by atoms with Crippen molar-refractivity contribution in [2.45, 2.75) is 38.0 Å². The molecule has 2 N–H and O–H groups in total. The van der Waals surface area contributed by atoms with Gasteiger partial charge in [0.2, 0.25) is 5.91 Å². The summed E-state index contributed by atoms with van der Waals surface area (Å²) in [5, 5.41) is 0. The average molecular weight is 286 g/mol. The molecule has 2 rings (SSSR count). The Hall–Kier alpha value is -1.56. The Bertz CT molecular complexity index is 466. The number of alkyl halides is 3. The smallest absolute Gasteiger partial charge is 0.335 e.